The van der Waals surface area contributed by atoms with Crippen molar-refractivity contribution in [2.24, 2.45) is 0 Å². The molecule has 0 unspecified atom stereocenters. The summed E-state index contributed by atoms with van der Waals surface area (Å²) in [5, 5.41) is 0. The van der Waals surface area contributed by atoms with Crippen molar-refractivity contribution >= 4 is 39.6 Å². The van der Waals surface area contributed by atoms with Crippen molar-refractivity contribution in [2.75, 3.05) is 12.0 Å². The third-order valence-corrected chi connectivity index (χ3v) is 2.07. The van der Waals surface area contributed by atoms with Crippen LogP contribution >= 0.6 is 27.7 Å². The number of carbonyl (C=O) groups excluding carboxylic acids is 2. The van der Waals surface area contributed by atoms with E-state index < -0.39 is 6.03 Å². The number of hydrogen-bond acceptors (Lipinski definition) is 2. The van der Waals surface area contributed by atoms with E-state index in [-0.39, 0.29) is 12.5 Å². The zero-order valence-corrected chi connectivity index (χ0v) is 7.22. The summed E-state index contributed by atoms with van der Waals surface area (Å²) in [5.74, 6) is -0.383. The first-order valence-corrected chi connectivity index (χ1v) is 3.96. The minimum Gasteiger partial charge on any atom is -0.304 e. The molecule has 0 saturated carbocycles. The Labute approximate surface area is 71.0 Å². The summed E-state index contributed by atoms with van der Waals surface area (Å²) >= 11 is 8.30. The number of halogens is 2. The Hall–Kier alpha value is -0.290. The molecule has 1 aliphatic heterocycles. The van der Waals surface area contributed by atoms with Gasteiger partial charge >= 0.3 is 6.03 Å². The van der Waals surface area contributed by atoms with E-state index in [1.54, 1.807) is 0 Å². The second-order valence-corrected chi connectivity index (χ2v) is 2.61. The number of imide groups is 1. The van der Waals surface area contributed by atoms with Crippen LogP contribution in [0.4, 0.5) is 4.79 Å². The largest absolute Gasteiger partial charge is 0.342 e. The number of nitrogens with zero attached hydrogens (tertiary/aromatic N) is 2. The van der Waals surface area contributed by atoms with Gasteiger partial charge in [0.1, 0.15) is 6.54 Å². The highest BCUT2D eigenvalue weighted by atomic mass is 79.9. The standard InChI is InChI=1S/C4H4BrClN2O2/c5-2-7-1-3(9)8(6)4(7)10/h1-2H2. The average Bonchev–Trinajstić information content (AvgIpc) is 2.17. The summed E-state index contributed by atoms with van der Waals surface area (Å²) < 4.78 is 0.585. The Bertz CT molecular complexity index is 186. The summed E-state index contributed by atoms with van der Waals surface area (Å²) in [6.07, 6.45) is 0. The van der Waals surface area contributed by atoms with E-state index in [1.807, 2.05) is 0 Å². The number of hydrogen-bond donors (Lipinski definition) is 0. The topological polar surface area (TPSA) is 40.6 Å². The van der Waals surface area contributed by atoms with Gasteiger partial charge in [0, 0.05) is 11.8 Å². The number of urea groups is 1. The van der Waals surface area contributed by atoms with Crippen molar-refractivity contribution in [3.05, 3.63) is 0 Å². The summed E-state index contributed by atoms with van der Waals surface area (Å²) in [6, 6.07) is -0.469. The molecule has 0 atom stereocenters. The van der Waals surface area contributed by atoms with Gasteiger partial charge in [0.05, 0.1) is 5.45 Å². The lowest BCUT2D eigenvalue weighted by Gasteiger charge is -2.07. The van der Waals surface area contributed by atoms with Gasteiger partial charge in [0.2, 0.25) is 0 Å². The number of amides is 3. The van der Waals surface area contributed by atoms with Crippen LogP contribution in [0.3, 0.4) is 0 Å². The lowest BCUT2D eigenvalue weighted by molar-refractivity contribution is -0.122. The highest BCUT2D eigenvalue weighted by molar-refractivity contribution is 9.09. The van der Waals surface area contributed by atoms with Crippen LogP contribution in [0.25, 0.3) is 0 Å². The monoisotopic (exact) mass is 226 g/mol. The fourth-order valence-electron chi connectivity index (χ4n) is 0.617. The zero-order chi connectivity index (χ0) is 7.72. The molecule has 10 heavy (non-hydrogen) atoms. The molecular formula is C4H4BrClN2O2. The molecule has 0 bridgehead atoms. The third kappa shape index (κ3) is 1.11. The summed E-state index contributed by atoms with van der Waals surface area (Å²) in [7, 11) is 0. The highest BCUT2D eigenvalue weighted by Gasteiger charge is 2.34. The quantitative estimate of drug-likeness (QED) is 0.287. The fraction of sp³-hybridized carbons (Fsp3) is 0.500. The van der Waals surface area contributed by atoms with E-state index in [4.69, 9.17) is 11.8 Å². The molecule has 0 aliphatic carbocycles. The predicted octanol–water partition coefficient (Wildman–Crippen LogP) is 0.757. The molecule has 0 N–H and O–H groups in total. The molecular weight excluding hydrogens is 223 g/mol. The van der Waals surface area contributed by atoms with Crippen LogP contribution in [0.15, 0.2) is 0 Å². The van der Waals surface area contributed by atoms with Crippen LogP contribution in [0.2, 0.25) is 0 Å². The molecule has 0 radical (unpaired) electrons. The van der Waals surface area contributed by atoms with Crippen LogP contribution < -0.4 is 0 Å². The Kier molecular flexibility index (Phi) is 2.15. The number of alkyl halides is 1. The van der Waals surface area contributed by atoms with Gasteiger partial charge < -0.3 is 4.90 Å². The number of rotatable bonds is 1. The molecule has 1 heterocycles. The van der Waals surface area contributed by atoms with Gasteiger partial charge in [-0.3, -0.25) is 4.79 Å². The highest BCUT2D eigenvalue weighted by Crippen LogP contribution is 2.12. The third-order valence-electron chi connectivity index (χ3n) is 1.13. The summed E-state index contributed by atoms with van der Waals surface area (Å²) in [6.45, 7) is 0.0631. The van der Waals surface area contributed by atoms with Gasteiger partial charge in [-0.25, -0.2) is 4.79 Å². The maximum absolute atomic E-state index is 10.8. The van der Waals surface area contributed by atoms with E-state index in [2.05, 4.69) is 15.9 Å². The average molecular weight is 227 g/mol. The maximum atomic E-state index is 10.8. The maximum Gasteiger partial charge on any atom is 0.342 e. The van der Waals surface area contributed by atoms with Crippen LogP contribution in [0.1, 0.15) is 0 Å². The molecule has 3 amide bonds. The lowest BCUT2D eigenvalue weighted by atomic mass is 10.6. The van der Waals surface area contributed by atoms with Gasteiger partial charge in [-0.1, -0.05) is 15.9 Å². The van der Waals surface area contributed by atoms with E-state index in [0.29, 0.717) is 9.87 Å². The normalized spacial score (nSPS) is 19.0. The lowest BCUT2D eigenvalue weighted by Crippen LogP contribution is -2.25. The molecule has 1 rings (SSSR count). The van der Waals surface area contributed by atoms with E-state index >= 15 is 0 Å². The van der Waals surface area contributed by atoms with Crippen molar-refractivity contribution in [1.82, 2.24) is 9.32 Å². The van der Waals surface area contributed by atoms with Gasteiger partial charge in [0.15, 0.2) is 0 Å². The van der Waals surface area contributed by atoms with Gasteiger partial charge in [0.25, 0.3) is 5.91 Å². The Morgan fingerprint density at radius 2 is 2.20 bits per heavy atom. The second kappa shape index (κ2) is 2.75. The van der Waals surface area contributed by atoms with Crippen molar-refractivity contribution in [1.29, 1.82) is 0 Å². The molecule has 0 aromatic heterocycles. The van der Waals surface area contributed by atoms with E-state index in [0.717, 1.165) is 0 Å². The van der Waals surface area contributed by atoms with Crippen molar-refractivity contribution in [2.45, 2.75) is 0 Å². The van der Waals surface area contributed by atoms with E-state index in [9.17, 15) is 9.59 Å². The SMILES string of the molecule is O=C1CN(CBr)C(=O)N1Cl. The Balaban J connectivity index is 2.71. The first kappa shape index (κ1) is 7.81. The fourth-order valence-corrected chi connectivity index (χ4v) is 1.17. The Morgan fingerprint density at radius 1 is 1.60 bits per heavy atom. The van der Waals surface area contributed by atoms with Crippen LogP contribution in [0.5, 0.6) is 0 Å². The molecule has 1 fully saturated rings. The van der Waals surface area contributed by atoms with Crippen molar-refractivity contribution < 1.29 is 9.59 Å². The smallest absolute Gasteiger partial charge is 0.304 e. The second-order valence-electron chi connectivity index (χ2n) is 1.77. The van der Waals surface area contributed by atoms with Gasteiger partial charge in [-0.05, 0) is 0 Å². The molecule has 0 aromatic rings. The van der Waals surface area contributed by atoms with Crippen LogP contribution in [-0.2, 0) is 4.79 Å². The molecule has 1 saturated heterocycles. The van der Waals surface area contributed by atoms with Crippen molar-refractivity contribution in [3.8, 4) is 0 Å². The molecule has 0 spiro atoms. The molecule has 6 heteroatoms. The Morgan fingerprint density at radius 3 is 2.40 bits per heavy atom. The van der Waals surface area contributed by atoms with Gasteiger partial charge in [-0.15, -0.1) is 0 Å². The summed E-state index contributed by atoms with van der Waals surface area (Å²) in [4.78, 5) is 22.8. The number of carbonyl (C=O) groups is 2. The minimum absolute atomic E-state index is 0.0631. The zero-order valence-electron chi connectivity index (χ0n) is 4.88. The molecule has 56 valence electrons. The molecule has 1 aliphatic rings. The van der Waals surface area contributed by atoms with Gasteiger partial charge in [-0.2, -0.15) is 4.42 Å². The first-order chi connectivity index (χ1) is 4.66. The molecule has 4 nitrogen and oxygen atoms in total. The molecule has 0 aromatic carbocycles. The first-order valence-electron chi connectivity index (χ1n) is 2.50. The minimum atomic E-state index is -0.469. The van der Waals surface area contributed by atoms with Crippen LogP contribution in [0, 0.1) is 0 Å². The van der Waals surface area contributed by atoms with Crippen molar-refractivity contribution in [3.63, 3.8) is 0 Å². The van der Waals surface area contributed by atoms with E-state index in [1.165, 1.54) is 4.90 Å². The predicted molar refractivity (Wildman–Crippen MR) is 38.6 cm³/mol. The summed E-state index contributed by atoms with van der Waals surface area (Å²) in [5.41, 5.74) is 0.334. The van der Waals surface area contributed by atoms with Crippen LogP contribution in [-0.4, -0.2) is 33.3 Å².